The van der Waals surface area contributed by atoms with Crippen molar-refractivity contribution in [1.82, 2.24) is 10.2 Å². The molecule has 0 radical (unpaired) electrons. The highest BCUT2D eigenvalue weighted by Gasteiger charge is 2.08. The first-order chi connectivity index (χ1) is 9.19. The van der Waals surface area contributed by atoms with Crippen LogP contribution in [-0.4, -0.2) is 34.1 Å². The molecule has 0 atom stereocenters. The molecule has 2 aromatic rings. The molecule has 1 N–H and O–H groups in total. The van der Waals surface area contributed by atoms with Crippen molar-refractivity contribution in [2.75, 3.05) is 12.9 Å². The van der Waals surface area contributed by atoms with E-state index in [0.29, 0.717) is 5.75 Å². The number of hydrogen-bond donors (Lipinski definition) is 1. The second kappa shape index (κ2) is 6.53. The van der Waals surface area contributed by atoms with Crippen LogP contribution >= 0.6 is 23.1 Å². The molecule has 100 valence electrons. The molecule has 0 aliphatic carbocycles. The van der Waals surface area contributed by atoms with Gasteiger partial charge >= 0.3 is 5.97 Å². The van der Waals surface area contributed by atoms with Gasteiger partial charge in [-0.15, -0.1) is 10.2 Å². The third-order valence-corrected chi connectivity index (χ3v) is 4.39. The van der Waals surface area contributed by atoms with Gasteiger partial charge < -0.3 is 9.84 Å². The fourth-order valence-electron chi connectivity index (χ4n) is 1.34. The maximum absolute atomic E-state index is 10.4. The van der Waals surface area contributed by atoms with Gasteiger partial charge in [0, 0.05) is 11.3 Å². The molecule has 0 aliphatic rings. The summed E-state index contributed by atoms with van der Waals surface area (Å²) >= 11 is 2.87. The Morgan fingerprint density at radius 2 is 2.11 bits per heavy atom. The second-order valence-corrected chi connectivity index (χ2v) is 5.91. The average molecular weight is 296 g/mol. The van der Waals surface area contributed by atoms with Crippen LogP contribution in [0.4, 0.5) is 0 Å². The number of carboxylic acids is 1. The van der Waals surface area contributed by atoms with E-state index < -0.39 is 5.97 Å². The normalized spacial score (nSPS) is 10.4. The summed E-state index contributed by atoms with van der Waals surface area (Å²) in [5.41, 5.74) is 0.975. The number of methoxy groups -OCH3 is 1. The SMILES string of the molecule is COc1ccc(-c2nnc(SCCC(=O)O)s2)cc1. The summed E-state index contributed by atoms with van der Waals surface area (Å²) in [4.78, 5) is 10.4. The molecule has 2 rings (SSSR count). The smallest absolute Gasteiger partial charge is 0.304 e. The van der Waals surface area contributed by atoms with Gasteiger partial charge in [0.25, 0.3) is 0 Å². The molecular formula is C12H12N2O3S2. The number of ether oxygens (including phenoxy) is 1. The largest absolute Gasteiger partial charge is 0.497 e. The van der Waals surface area contributed by atoms with Crippen LogP contribution in [0.5, 0.6) is 5.75 Å². The highest BCUT2D eigenvalue weighted by atomic mass is 32.2. The summed E-state index contributed by atoms with van der Waals surface area (Å²) in [6.45, 7) is 0. The predicted molar refractivity (Wildman–Crippen MR) is 74.9 cm³/mol. The lowest BCUT2D eigenvalue weighted by Gasteiger charge is -1.99. The monoisotopic (exact) mass is 296 g/mol. The minimum absolute atomic E-state index is 0.127. The Labute approximate surface area is 118 Å². The van der Waals surface area contributed by atoms with Crippen LogP contribution in [0.1, 0.15) is 6.42 Å². The molecule has 0 saturated carbocycles. The van der Waals surface area contributed by atoms with Crippen molar-refractivity contribution >= 4 is 29.1 Å². The molecule has 19 heavy (non-hydrogen) atoms. The van der Waals surface area contributed by atoms with Crippen LogP contribution in [0.25, 0.3) is 10.6 Å². The van der Waals surface area contributed by atoms with Crippen LogP contribution in [0.2, 0.25) is 0 Å². The molecule has 1 heterocycles. The summed E-state index contributed by atoms with van der Waals surface area (Å²) in [6, 6.07) is 7.58. The Hall–Kier alpha value is -1.60. The van der Waals surface area contributed by atoms with Crippen molar-refractivity contribution in [2.45, 2.75) is 10.8 Å². The fraction of sp³-hybridized carbons (Fsp3) is 0.250. The van der Waals surface area contributed by atoms with Crippen LogP contribution in [0.3, 0.4) is 0 Å². The summed E-state index contributed by atoms with van der Waals surface area (Å²) < 4.78 is 5.88. The lowest BCUT2D eigenvalue weighted by molar-refractivity contribution is -0.136. The maximum Gasteiger partial charge on any atom is 0.304 e. The van der Waals surface area contributed by atoms with E-state index in [1.54, 1.807) is 7.11 Å². The summed E-state index contributed by atoms with van der Waals surface area (Å²) in [6.07, 6.45) is 0.127. The highest BCUT2D eigenvalue weighted by Crippen LogP contribution is 2.30. The Balaban J connectivity index is 2.01. The first kappa shape index (κ1) is 13.8. The number of carbonyl (C=O) groups is 1. The van der Waals surface area contributed by atoms with Gasteiger partial charge in [0.15, 0.2) is 4.34 Å². The molecule has 0 amide bonds. The van der Waals surface area contributed by atoms with Crippen molar-refractivity contribution in [3.8, 4) is 16.3 Å². The molecule has 0 spiro atoms. The summed E-state index contributed by atoms with van der Waals surface area (Å²) in [5, 5.41) is 17.5. The van der Waals surface area contributed by atoms with E-state index >= 15 is 0 Å². The van der Waals surface area contributed by atoms with Gasteiger partial charge in [0.1, 0.15) is 10.8 Å². The second-order valence-electron chi connectivity index (χ2n) is 3.59. The van der Waals surface area contributed by atoms with Gasteiger partial charge in [0.2, 0.25) is 0 Å². The molecule has 1 aromatic carbocycles. The number of aromatic nitrogens is 2. The minimum atomic E-state index is -0.799. The van der Waals surface area contributed by atoms with E-state index in [2.05, 4.69) is 10.2 Å². The van der Waals surface area contributed by atoms with Gasteiger partial charge in [-0.05, 0) is 24.3 Å². The standard InChI is InChI=1S/C12H12N2O3S2/c1-17-9-4-2-8(3-5-9)11-13-14-12(19-11)18-7-6-10(15)16/h2-5H,6-7H2,1H3,(H,15,16). The molecule has 5 nitrogen and oxygen atoms in total. The lowest BCUT2D eigenvalue weighted by Crippen LogP contribution is -1.95. The van der Waals surface area contributed by atoms with Crippen molar-refractivity contribution in [1.29, 1.82) is 0 Å². The van der Waals surface area contributed by atoms with E-state index in [-0.39, 0.29) is 6.42 Å². The van der Waals surface area contributed by atoms with Gasteiger partial charge in [-0.2, -0.15) is 0 Å². The number of thioether (sulfide) groups is 1. The Morgan fingerprint density at radius 1 is 1.37 bits per heavy atom. The Kier molecular flexibility index (Phi) is 4.75. The first-order valence-corrected chi connectivity index (χ1v) is 7.32. The molecule has 0 unspecified atom stereocenters. The zero-order valence-corrected chi connectivity index (χ0v) is 11.8. The van der Waals surface area contributed by atoms with Crippen LogP contribution in [-0.2, 0) is 4.79 Å². The maximum atomic E-state index is 10.4. The third-order valence-electron chi connectivity index (χ3n) is 2.28. The molecule has 0 bridgehead atoms. The summed E-state index contributed by atoms with van der Waals surface area (Å²) in [5.74, 6) is 0.503. The summed E-state index contributed by atoms with van der Waals surface area (Å²) in [7, 11) is 1.62. The van der Waals surface area contributed by atoms with Crippen LogP contribution in [0.15, 0.2) is 28.6 Å². The van der Waals surface area contributed by atoms with E-state index in [9.17, 15) is 4.79 Å². The lowest BCUT2D eigenvalue weighted by atomic mass is 10.2. The number of aliphatic carboxylic acids is 1. The Bertz CT molecular complexity index is 554. The molecule has 0 saturated heterocycles. The molecule has 1 aromatic heterocycles. The number of hydrogen-bond acceptors (Lipinski definition) is 6. The van der Waals surface area contributed by atoms with E-state index in [0.717, 1.165) is 20.7 Å². The van der Waals surface area contributed by atoms with E-state index in [1.807, 2.05) is 24.3 Å². The van der Waals surface area contributed by atoms with Crippen molar-refractivity contribution in [2.24, 2.45) is 0 Å². The van der Waals surface area contributed by atoms with Crippen LogP contribution < -0.4 is 4.74 Å². The van der Waals surface area contributed by atoms with Crippen molar-refractivity contribution in [3.05, 3.63) is 24.3 Å². The number of benzene rings is 1. The zero-order chi connectivity index (χ0) is 13.7. The molecule has 0 aliphatic heterocycles. The number of carboxylic acid groups (broad SMARTS) is 1. The van der Waals surface area contributed by atoms with Gasteiger partial charge in [-0.1, -0.05) is 23.1 Å². The topological polar surface area (TPSA) is 72.3 Å². The van der Waals surface area contributed by atoms with Gasteiger partial charge in [-0.25, -0.2) is 0 Å². The number of rotatable bonds is 6. The number of nitrogens with zero attached hydrogens (tertiary/aromatic N) is 2. The third kappa shape index (κ3) is 3.93. The molecule has 0 fully saturated rings. The first-order valence-electron chi connectivity index (χ1n) is 5.51. The quantitative estimate of drug-likeness (QED) is 0.826. The molecular weight excluding hydrogens is 284 g/mol. The fourth-order valence-corrected chi connectivity index (χ4v) is 3.20. The van der Waals surface area contributed by atoms with E-state index in [1.165, 1.54) is 23.1 Å². The van der Waals surface area contributed by atoms with E-state index in [4.69, 9.17) is 9.84 Å². The predicted octanol–water partition coefficient (Wildman–Crippen LogP) is 2.78. The average Bonchev–Trinajstić information content (AvgIpc) is 2.87. The molecule has 7 heteroatoms. The Morgan fingerprint density at radius 3 is 2.74 bits per heavy atom. The van der Waals surface area contributed by atoms with Gasteiger partial charge in [0.05, 0.1) is 13.5 Å². The van der Waals surface area contributed by atoms with Gasteiger partial charge in [-0.3, -0.25) is 4.79 Å². The van der Waals surface area contributed by atoms with Crippen molar-refractivity contribution < 1.29 is 14.6 Å². The minimum Gasteiger partial charge on any atom is -0.497 e. The zero-order valence-electron chi connectivity index (χ0n) is 10.2. The van der Waals surface area contributed by atoms with Crippen molar-refractivity contribution in [3.63, 3.8) is 0 Å². The highest BCUT2D eigenvalue weighted by molar-refractivity contribution is 8.01. The van der Waals surface area contributed by atoms with Crippen LogP contribution in [0, 0.1) is 0 Å².